The fourth-order valence-electron chi connectivity index (χ4n) is 2.70. The maximum absolute atomic E-state index is 9.67. The molecule has 0 rings (SSSR count). The van der Waals surface area contributed by atoms with Gasteiger partial charge in [-0.15, -0.1) is 0 Å². The average molecular weight is 440 g/mol. The molecule has 6 heteroatoms. The van der Waals surface area contributed by atoms with Crippen molar-refractivity contribution in [3.63, 3.8) is 0 Å². The lowest BCUT2D eigenvalue weighted by Crippen LogP contribution is -2.23. The lowest BCUT2D eigenvalue weighted by atomic mass is 10.1. The van der Waals surface area contributed by atoms with E-state index in [1.165, 1.54) is 77.0 Å². The zero-order valence-electron chi connectivity index (χ0n) is 19.9. The molecule has 0 aliphatic carbocycles. The third-order valence-electron chi connectivity index (χ3n) is 3.84. The van der Waals surface area contributed by atoms with Gasteiger partial charge in [0.05, 0.1) is 11.2 Å². The van der Waals surface area contributed by atoms with Crippen LogP contribution in [0.4, 0.5) is 0 Å². The largest absolute Gasteiger partial charge is 0.330 e. The van der Waals surface area contributed by atoms with E-state index in [1.807, 2.05) is 41.5 Å². The van der Waals surface area contributed by atoms with Crippen LogP contribution >= 0.6 is 6.72 Å². The topological polar surface area (TPSA) is 64.7 Å². The smallest absolute Gasteiger partial charge is 0.325 e. The Kier molecular flexibility index (Phi) is 18.8. The summed E-state index contributed by atoms with van der Waals surface area (Å²) < 4.78 is 10.5. The standard InChI is InChI=1S/C14H31N.C8H19O3PS/c1-2-3-4-5-6-7-8-9-10-11-12-13-14-15;1-7(2,3)10-12(9,13)11-8(4,5)6/h2-15H2,1H3;1-6H3,(H,9,13). The first-order valence-electron chi connectivity index (χ1n) is 11.3. The van der Waals surface area contributed by atoms with Crippen LogP contribution in [0.2, 0.25) is 0 Å². The van der Waals surface area contributed by atoms with Crippen LogP contribution in [-0.2, 0) is 20.9 Å². The van der Waals surface area contributed by atoms with Crippen molar-refractivity contribution in [2.75, 3.05) is 6.54 Å². The number of hydrogen-bond acceptors (Lipinski definition) is 4. The SMILES string of the molecule is CC(C)(C)OP(O)(=S)OC(C)(C)C.CCCCCCCCCCCCCCN. The maximum Gasteiger partial charge on any atom is 0.325 e. The molecule has 0 spiro atoms. The van der Waals surface area contributed by atoms with E-state index in [0.717, 1.165) is 6.54 Å². The molecule has 0 aliphatic heterocycles. The fourth-order valence-corrected chi connectivity index (χ4v) is 5.46. The van der Waals surface area contributed by atoms with Crippen LogP contribution < -0.4 is 5.73 Å². The molecule has 0 aromatic carbocycles. The van der Waals surface area contributed by atoms with Crippen LogP contribution in [-0.4, -0.2) is 22.6 Å². The molecule has 0 aromatic heterocycles. The Bertz CT molecular complexity index is 360. The molecular weight excluding hydrogens is 389 g/mol. The van der Waals surface area contributed by atoms with E-state index < -0.39 is 17.9 Å². The molecule has 0 fully saturated rings. The Balaban J connectivity index is 0. The minimum Gasteiger partial charge on any atom is -0.330 e. The molecular formula is C22H50NO3PS. The molecule has 3 N–H and O–H groups in total. The van der Waals surface area contributed by atoms with Gasteiger partial charge in [0, 0.05) is 0 Å². The van der Waals surface area contributed by atoms with E-state index >= 15 is 0 Å². The van der Waals surface area contributed by atoms with Crippen molar-refractivity contribution in [1.82, 2.24) is 0 Å². The van der Waals surface area contributed by atoms with Gasteiger partial charge in [0.15, 0.2) is 0 Å². The third kappa shape index (κ3) is 28.7. The zero-order chi connectivity index (χ0) is 22.1. The molecule has 0 saturated heterocycles. The van der Waals surface area contributed by atoms with E-state index in [2.05, 4.69) is 6.92 Å². The van der Waals surface area contributed by atoms with Crippen LogP contribution in [0.15, 0.2) is 0 Å². The molecule has 172 valence electrons. The third-order valence-corrected chi connectivity index (χ3v) is 5.84. The van der Waals surface area contributed by atoms with Gasteiger partial charge in [-0.25, -0.2) is 0 Å². The highest BCUT2D eigenvalue weighted by atomic mass is 32.5. The van der Waals surface area contributed by atoms with Gasteiger partial charge < -0.3 is 19.7 Å². The number of unbranched alkanes of at least 4 members (excludes halogenated alkanes) is 11. The Morgan fingerprint density at radius 1 is 0.679 bits per heavy atom. The molecule has 4 nitrogen and oxygen atoms in total. The Hall–Kier alpha value is 0.490. The van der Waals surface area contributed by atoms with Gasteiger partial charge in [-0.1, -0.05) is 77.6 Å². The molecule has 0 saturated carbocycles. The first kappa shape index (κ1) is 30.7. The summed E-state index contributed by atoms with van der Waals surface area (Å²) in [5.41, 5.74) is 4.50. The summed E-state index contributed by atoms with van der Waals surface area (Å²) in [6, 6.07) is 0. The molecule has 0 atom stereocenters. The predicted octanol–water partition coefficient (Wildman–Crippen LogP) is 7.48. The molecule has 0 amide bonds. The van der Waals surface area contributed by atoms with Gasteiger partial charge in [-0.3, -0.25) is 0 Å². The second kappa shape index (κ2) is 17.2. The highest BCUT2D eigenvalue weighted by Gasteiger charge is 2.29. The van der Waals surface area contributed by atoms with Crippen LogP contribution in [0, 0.1) is 0 Å². The van der Waals surface area contributed by atoms with Crippen molar-refractivity contribution in [2.24, 2.45) is 5.73 Å². The van der Waals surface area contributed by atoms with E-state index in [1.54, 1.807) is 0 Å². The molecule has 0 radical (unpaired) electrons. The summed E-state index contributed by atoms with van der Waals surface area (Å²) in [7, 11) is 0. The lowest BCUT2D eigenvalue weighted by molar-refractivity contribution is 0.0450. The normalized spacial score (nSPS) is 12.6. The van der Waals surface area contributed by atoms with Crippen LogP contribution in [0.25, 0.3) is 0 Å². The number of hydrogen-bond donors (Lipinski definition) is 2. The van der Waals surface area contributed by atoms with Crippen molar-refractivity contribution in [3.8, 4) is 0 Å². The first-order chi connectivity index (χ1) is 12.8. The first-order valence-corrected chi connectivity index (χ1v) is 13.9. The van der Waals surface area contributed by atoms with Crippen molar-refractivity contribution in [3.05, 3.63) is 0 Å². The summed E-state index contributed by atoms with van der Waals surface area (Å²) in [5.74, 6) is 0. The summed E-state index contributed by atoms with van der Waals surface area (Å²) in [6.07, 6.45) is 16.9. The van der Waals surface area contributed by atoms with Crippen molar-refractivity contribution in [2.45, 2.75) is 137 Å². The van der Waals surface area contributed by atoms with Crippen LogP contribution in [0.3, 0.4) is 0 Å². The van der Waals surface area contributed by atoms with Crippen molar-refractivity contribution < 1.29 is 13.9 Å². The Labute approximate surface area is 181 Å². The second-order valence-electron chi connectivity index (χ2n) is 9.55. The van der Waals surface area contributed by atoms with E-state index in [-0.39, 0.29) is 0 Å². The van der Waals surface area contributed by atoms with E-state index in [9.17, 15) is 4.89 Å². The van der Waals surface area contributed by atoms with Crippen LogP contribution in [0.1, 0.15) is 126 Å². The molecule has 0 aromatic rings. The zero-order valence-corrected chi connectivity index (χ0v) is 21.6. The summed E-state index contributed by atoms with van der Waals surface area (Å²) in [6.45, 7) is 11.0. The van der Waals surface area contributed by atoms with Gasteiger partial charge >= 0.3 is 6.72 Å². The predicted molar refractivity (Wildman–Crippen MR) is 128 cm³/mol. The minimum atomic E-state index is -3.10. The Morgan fingerprint density at radius 3 is 1.21 bits per heavy atom. The molecule has 0 heterocycles. The van der Waals surface area contributed by atoms with Crippen LogP contribution in [0.5, 0.6) is 0 Å². The van der Waals surface area contributed by atoms with E-state index in [0.29, 0.717) is 0 Å². The number of rotatable bonds is 14. The highest BCUT2D eigenvalue weighted by Crippen LogP contribution is 2.50. The summed E-state index contributed by atoms with van der Waals surface area (Å²) in [4.78, 5) is 9.67. The molecule has 0 unspecified atom stereocenters. The highest BCUT2D eigenvalue weighted by molar-refractivity contribution is 8.07. The quantitative estimate of drug-likeness (QED) is 0.217. The summed E-state index contributed by atoms with van der Waals surface area (Å²) >= 11 is 4.86. The fraction of sp³-hybridized carbons (Fsp3) is 1.00. The monoisotopic (exact) mass is 439 g/mol. The summed E-state index contributed by atoms with van der Waals surface area (Å²) in [5, 5.41) is 0. The molecule has 28 heavy (non-hydrogen) atoms. The number of nitrogens with two attached hydrogens (primary N) is 1. The average Bonchev–Trinajstić information content (AvgIpc) is 2.48. The van der Waals surface area contributed by atoms with Gasteiger partial charge in [0.1, 0.15) is 0 Å². The molecule has 0 aliphatic rings. The Morgan fingerprint density at radius 2 is 0.964 bits per heavy atom. The maximum atomic E-state index is 9.67. The van der Waals surface area contributed by atoms with Gasteiger partial charge in [0.2, 0.25) is 0 Å². The lowest BCUT2D eigenvalue weighted by Gasteiger charge is -2.30. The second-order valence-corrected chi connectivity index (χ2v) is 12.2. The minimum absolute atomic E-state index is 0.477. The van der Waals surface area contributed by atoms with Gasteiger partial charge in [-0.2, -0.15) is 0 Å². The van der Waals surface area contributed by atoms with Gasteiger partial charge in [-0.05, 0) is 66.3 Å². The van der Waals surface area contributed by atoms with Crippen molar-refractivity contribution >= 4 is 18.5 Å². The van der Waals surface area contributed by atoms with E-state index in [4.69, 9.17) is 26.6 Å². The van der Waals surface area contributed by atoms with Gasteiger partial charge in [0.25, 0.3) is 0 Å². The van der Waals surface area contributed by atoms with Crippen molar-refractivity contribution in [1.29, 1.82) is 0 Å². The molecule has 0 bridgehead atoms.